The molecule has 0 aliphatic heterocycles. The van der Waals surface area contributed by atoms with E-state index in [1.807, 2.05) is 42.5 Å². The third-order valence-corrected chi connectivity index (χ3v) is 3.22. The van der Waals surface area contributed by atoms with Gasteiger partial charge in [0.15, 0.2) is 11.5 Å². The van der Waals surface area contributed by atoms with Gasteiger partial charge in [0, 0.05) is 12.6 Å². The molecule has 3 nitrogen and oxygen atoms in total. The largest absolute Gasteiger partial charge is 0.493 e. The van der Waals surface area contributed by atoms with Crippen LogP contribution >= 0.6 is 0 Å². The van der Waals surface area contributed by atoms with Gasteiger partial charge in [0.25, 0.3) is 0 Å². The summed E-state index contributed by atoms with van der Waals surface area (Å²) in [6.07, 6.45) is -0.0510. The van der Waals surface area contributed by atoms with E-state index in [1.54, 1.807) is 7.11 Å². The van der Waals surface area contributed by atoms with Gasteiger partial charge in [0.2, 0.25) is 0 Å². The highest BCUT2D eigenvalue weighted by Crippen LogP contribution is 2.30. The smallest absolute Gasteiger partial charge is 0.162 e. The predicted octanol–water partition coefficient (Wildman–Crippen LogP) is 3.81. The Kier molecular flexibility index (Phi) is 5.64. The lowest BCUT2D eigenvalue weighted by molar-refractivity contribution is 0.190. The van der Waals surface area contributed by atoms with Crippen LogP contribution in [-0.4, -0.2) is 19.7 Å². The maximum atomic E-state index is 6.19. The van der Waals surface area contributed by atoms with Crippen molar-refractivity contribution in [2.24, 2.45) is 0 Å². The van der Waals surface area contributed by atoms with Gasteiger partial charge in [-0.05, 0) is 17.7 Å². The second-order valence-corrected chi connectivity index (χ2v) is 5.23. The highest BCUT2D eigenvalue weighted by Gasteiger charge is 2.15. The molecule has 0 aliphatic rings. The molecule has 2 aromatic carbocycles. The highest BCUT2D eigenvalue weighted by atomic mass is 16.5. The molecule has 0 saturated carbocycles. The van der Waals surface area contributed by atoms with Crippen LogP contribution in [0, 0.1) is 0 Å². The van der Waals surface area contributed by atoms with Gasteiger partial charge in [-0.3, -0.25) is 0 Å². The van der Waals surface area contributed by atoms with Crippen LogP contribution in [0.25, 0.3) is 0 Å². The van der Waals surface area contributed by atoms with E-state index in [0.29, 0.717) is 6.04 Å². The lowest BCUT2D eigenvalue weighted by Crippen LogP contribution is -2.30. The van der Waals surface area contributed by atoms with Crippen molar-refractivity contribution in [1.29, 1.82) is 0 Å². The third kappa shape index (κ3) is 4.50. The van der Waals surface area contributed by atoms with Gasteiger partial charge in [0.1, 0.15) is 6.10 Å². The molecule has 21 heavy (non-hydrogen) atoms. The summed E-state index contributed by atoms with van der Waals surface area (Å²) >= 11 is 0. The first-order valence-electron chi connectivity index (χ1n) is 7.28. The number of hydrogen-bond donors (Lipinski definition) is 1. The third-order valence-electron chi connectivity index (χ3n) is 3.22. The maximum Gasteiger partial charge on any atom is 0.162 e. The van der Waals surface area contributed by atoms with Crippen molar-refractivity contribution < 1.29 is 9.47 Å². The van der Waals surface area contributed by atoms with Crippen LogP contribution in [0.15, 0.2) is 54.6 Å². The Hall–Kier alpha value is -2.00. The average molecular weight is 285 g/mol. The minimum atomic E-state index is -0.0510. The van der Waals surface area contributed by atoms with Crippen LogP contribution in [0.5, 0.6) is 11.5 Å². The standard InChI is InChI=1S/C18H23NO2/c1-14(2)19-13-18(15-9-5-4-6-10-15)21-17-12-8-7-11-16(17)20-3/h4-12,14,18-19H,13H2,1-3H3. The molecule has 1 N–H and O–H groups in total. The van der Waals surface area contributed by atoms with Crippen molar-refractivity contribution >= 4 is 0 Å². The minimum absolute atomic E-state index is 0.0510. The first-order valence-corrected chi connectivity index (χ1v) is 7.28. The zero-order valence-corrected chi connectivity index (χ0v) is 12.9. The van der Waals surface area contributed by atoms with Gasteiger partial charge in [-0.1, -0.05) is 56.3 Å². The summed E-state index contributed by atoms with van der Waals surface area (Å²) in [6.45, 7) is 5.01. The molecule has 1 atom stereocenters. The van der Waals surface area contributed by atoms with Gasteiger partial charge in [-0.25, -0.2) is 0 Å². The number of benzene rings is 2. The fourth-order valence-corrected chi connectivity index (χ4v) is 2.11. The Labute approximate surface area is 126 Å². The molecule has 0 saturated heterocycles. The van der Waals surface area contributed by atoms with Crippen LogP contribution in [0.3, 0.4) is 0 Å². The Morgan fingerprint density at radius 3 is 2.14 bits per heavy atom. The number of nitrogens with one attached hydrogen (secondary N) is 1. The second kappa shape index (κ2) is 7.70. The molecule has 3 heteroatoms. The number of hydrogen-bond acceptors (Lipinski definition) is 3. The van der Waals surface area contributed by atoms with E-state index in [1.165, 1.54) is 0 Å². The van der Waals surface area contributed by atoms with E-state index in [4.69, 9.17) is 9.47 Å². The average Bonchev–Trinajstić information content (AvgIpc) is 2.52. The molecule has 112 valence electrons. The van der Waals surface area contributed by atoms with E-state index >= 15 is 0 Å². The molecule has 0 radical (unpaired) electrons. The van der Waals surface area contributed by atoms with Gasteiger partial charge in [-0.2, -0.15) is 0 Å². The van der Waals surface area contributed by atoms with Gasteiger partial charge >= 0.3 is 0 Å². The van der Waals surface area contributed by atoms with E-state index in [9.17, 15) is 0 Å². The van der Waals surface area contributed by atoms with Crippen molar-refractivity contribution in [3.8, 4) is 11.5 Å². The lowest BCUT2D eigenvalue weighted by Gasteiger charge is -2.22. The molecular weight excluding hydrogens is 262 g/mol. The molecule has 1 unspecified atom stereocenters. The molecule has 0 spiro atoms. The first kappa shape index (κ1) is 15.4. The van der Waals surface area contributed by atoms with Gasteiger partial charge in [0.05, 0.1) is 7.11 Å². The van der Waals surface area contributed by atoms with Crippen LogP contribution in [0.1, 0.15) is 25.5 Å². The monoisotopic (exact) mass is 285 g/mol. The summed E-state index contributed by atoms with van der Waals surface area (Å²) in [5.41, 5.74) is 1.15. The Morgan fingerprint density at radius 1 is 0.905 bits per heavy atom. The van der Waals surface area contributed by atoms with Crippen molar-refractivity contribution in [3.05, 3.63) is 60.2 Å². The van der Waals surface area contributed by atoms with Crippen LogP contribution < -0.4 is 14.8 Å². The van der Waals surface area contributed by atoms with Gasteiger partial charge in [-0.15, -0.1) is 0 Å². The number of ether oxygens (including phenoxy) is 2. The zero-order chi connectivity index (χ0) is 15.1. The van der Waals surface area contributed by atoms with E-state index < -0.39 is 0 Å². The summed E-state index contributed by atoms with van der Waals surface area (Å²) in [5.74, 6) is 1.52. The van der Waals surface area contributed by atoms with E-state index in [-0.39, 0.29) is 6.10 Å². The SMILES string of the molecule is COc1ccccc1OC(CNC(C)C)c1ccccc1. The number of para-hydroxylation sites is 2. The molecular formula is C18H23NO2. The summed E-state index contributed by atoms with van der Waals surface area (Å²) in [4.78, 5) is 0. The highest BCUT2D eigenvalue weighted by molar-refractivity contribution is 5.40. The fourth-order valence-electron chi connectivity index (χ4n) is 2.11. The Morgan fingerprint density at radius 2 is 1.52 bits per heavy atom. The molecule has 2 rings (SSSR count). The van der Waals surface area contributed by atoms with Crippen molar-refractivity contribution in [1.82, 2.24) is 5.32 Å². The van der Waals surface area contributed by atoms with Crippen LogP contribution in [0.2, 0.25) is 0 Å². The Balaban J connectivity index is 2.19. The summed E-state index contributed by atoms with van der Waals surface area (Å²) in [7, 11) is 1.66. The predicted molar refractivity (Wildman–Crippen MR) is 85.9 cm³/mol. The fraction of sp³-hybridized carbons (Fsp3) is 0.333. The number of rotatable bonds is 7. The van der Waals surface area contributed by atoms with E-state index in [0.717, 1.165) is 23.6 Å². The first-order chi connectivity index (χ1) is 10.2. The van der Waals surface area contributed by atoms with Gasteiger partial charge < -0.3 is 14.8 Å². The lowest BCUT2D eigenvalue weighted by atomic mass is 10.1. The molecule has 0 aromatic heterocycles. The quantitative estimate of drug-likeness (QED) is 0.839. The summed E-state index contributed by atoms with van der Waals surface area (Å²) in [5, 5.41) is 3.44. The second-order valence-electron chi connectivity index (χ2n) is 5.23. The molecule has 2 aromatic rings. The van der Waals surface area contributed by atoms with E-state index in [2.05, 4.69) is 31.3 Å². The van der Waals surface area contributed by atoms with Crippen molar-refractivity contribution in [3.63, 3.8) is 0 Å². The summed E-state index contributed by atoms with van der Waals surface area (Å²) in [6, 6.07) is 18.4. The number of methoxy groups -OCH3 is 1. The molecule has 0 amide bonds. The Bertz CT molecular complexity index is 540. The topological polar surface area (TPSA) is 30.5 Å². The molecule has 0 aliphatic carbocycles. The molecule has 0 fully saturated rings. The normalized spacial score (nSPS) is 12.2. The molecule has 0 heterocycles. The molecule has 0 bridgehead atoms. The minimum Gasteiger partial charge on any atom is -0.493 e. The van der Waals surface area contributed by atoms with Crippen LogP contribution in [0.4, 0.5) is 0 Å². The van der Waals surface area contributed by atoms with Crippen molar-refractivity contribution in [2.75, 3.05) is 13.7 Å². The summed E-state index contributed by atoms with van der Waals surface area (Å²) < 4.78 is 11.5. The maximum absolute atomic E-state index is 6.19. The zero-order valence-electron chi connectivity index (χ0n) is 12.9. The van der Waals surface area contributed by atoms with Crippen molar-refractivity contribution in [2.45, 2.75) is 26.0 Å². The van der Waals surface area contributed by atoms with Crippen LogP contribution in [-0.2, 0) is 0 Å².